The van der Waals surface area contributed by atoms with Crippen molar-refractivity contribution in [2.45, 2.75) is 13.8 Å². The molecule has 0 aliphatic rings. The average Bonchev–Trinajstić information content (AvgIpc) is 2.60. The third-order valence-corrected chi connectivity index (χ3v) is 4.10. The zero-order chi connectivity index (χ0) is 17.8. The van der Waals surface area contributed by atoms with E-state index in [-0.39, 0.29) is 5.91 Å². The highest BCUT2D eigenvalue weighted by molar-refractivity contribution is 6.30. The predicted octanol–water partition coefficient (Wildman–Crippen LogP) is 5.35. The first-order valence-corrected chi connectivity index (χ1v) is 8.26. The van der Waals surface area contributed by atoms with Crippen LogP contribution >= 0.6 is 11.6 Å². The number of hydrogen-bond acceptors (Lipinski definition) is 3. The molecule has 1 aromatic heterocycles. The van der Waals surface area contributed by atoms with E-state index in [0.717, 1.165) is 28.2 Å². The normalized spacial score (nSPS) is 10.4. The van der Waals surface area contributed by atoms with E-state index in [1.807, 2.05) is 56.3 Å². The smallest absolute Gasteiger partial charge is 0.257 e. The highest BCUT2D eigenvalue weighted by Gasteiger charge is 2.09. The number of carbonyl (C=O) groups excluding carboxylic acids is 1. The van der Waals surface area contributed by atoms with E-state index < -0.39 is 0 Å². The molecule has 0 aliphatic carbocycles. The number of halogens is 1. The van der Waals surface area contributed by atoms with Gasteiger partial charge in [0.05, 0.1) is 17.4 Å². The summed E-state index contributed by atoms with van der Waals surface area (Å²) in [6.07, 6.45) is 3.23. The molecule has 0 radical (unpaired) electrons. The van der Waals surface area contributed by atoms with Gasteiger partial charge < -0.3 is 10.6 Å². The molecule has 2 aromatic carbocycles. The molecule has 0 unspecified atom stereocenters. The molecule has 0 aliphatic heterocycles. The van der Waals surface area contributed by atoms with Gasteiger partial charge in [-0.1, -0.05) is 29.8 Å². The third-order valence-electron chi connectivity index (χ3n) is 3.86. The molecule has 0 spiro atoms. The lowest BCUT2D eigenvalue weighted by molar-refractivity contribution is 0.102. The number of aromatic nitrogens is 1. The molecule has 0 saturated heterocycles. The maximum atomic E-state index is 12.5. The van der Waals surface area contributed by atoms with Crippen LogP contribution in [0.15, 0.2) is 60.9 Å². The molecule has 0 bridgehead atoms. The Hall–Kier alpha value is -2.85. The van der Waals surface area contributed by atoms with Gasteiger partial charge in [-0.25, -0.2) is 0 Å². The summed E-state index contributed by atoms with van der Waals surface area (Å²) < 4.78 is 0. The highest BCUT2D eigenvalue weighted by atomic mass is 35.5. The van der Waals surface area contributed by atoms with E-state index in [2.05, 4.69) is 15.6 Å². The van der Waals surface area contributed by atoms with Crippen LogP contribution in [0.25, 0.3) is 0 Å². The molecule has 3 rings (SSSR count). The van der Waals surface area contributed by atoms with Crippen molar-refractivity contribution in [2.75, 3.05) is 10.6 Å². The van der Waals surface area contributed by atoms with Crippen LogP contribution in [0, 0.1) is 13.8 Å². The van der Waals surface area contributed by atoms with Gasteiger partial charge in [-0.15, -0.1) is 0 Å². The molecule has 1 heterocycles. The number of para-hydroxylation sites is 1. The Balaban J connectivity index is 1.79. The molecular formula is C20H18ClN3O. The predicted molar refractivity (Wildman–Crippen MR) is 103 cm³/mol. The van der Waals surface area contributed by atoms with Crippen LogP contribution in [0.5, 0.6) is 0 Å². The monoisotopic (exact) mass is 351 g/mol. The van der Waals surface area contributed by atoms with Crippen molar-refractivity contribution in [3.63, 3.8) is 0 Å². The lowest BCUT2D eigenvalue weighted by Crippen LogP contribution is -2.13. The van der Waals surface area contributed by atoms with E-state index in [9.17, 15) is 4.79 Å². The molecule has 1 amide bonds. The SMILES string of the molecule is Cc1ccccc1NC(=O)c1cncc(Nc2ccc(Cl)cc2C)c1. The molecular weight excluding hydrogens is 334 g/mol. The highest BCUT2D eigenvalue weighted by Crippen LogP contribution is 2.24. The van der Waals surface area contributed by atoms with E-state index >= 15 is 0 Å². The molecule has 126 valence electrons. The van der Waals surface area contributed by atoms with Crippen molar-refractivity contribution in [2.24, 2.45) is 0 Å². The fourth-order valence-corrected chi connectivity index (χ4v) is 2.69. The summed E-state index contributed by atoms with van der Waals surface area (Å²) in [4.78, 5) is 16.6. The minimum Gasteiger partial charge on any atom is -0.354 e. The van der Waals surface area contributed by atoms with Crippen LogP contribution < -0.4 is 10.6 Å². The van der Waals surface area contributed by atoms with Crippen molar-refractivity contribution >= 4 is 34.6 Å². The number of anilines is 3. The Bertz CT molecular complexity index is 924. The van der Waals surface area contributed by atoms with Crippen molar-refractivity contribution < 1.29 is 4.79 Å². The first-order valence-electron chi connectivity index (χ1n) is 7.88. The number of benzene rings is 2. The molecule has 2 N–H and O–H groups in total. The summed E-state index contributed by atoms with van der Waals surface area (Å²) in [6, 6.07) is 15.0. The Kier molecular flexibility index (Phi) is 5.00. The molecule has 4 nitrogen and oxygen atoms in total. The van der Waals surface area contributed by atoms with Gasteiger partial charge in [-0.05, 0) is 55.3 Å². The summed E-state index contributed by atoms with van der Waals surface area (Å²) in [5.74, 6) is -0.196. The number of nitrogens with zero attached hydrogens (tertiary/aromatic N) is 1. The van der Waals surface area contributed by atoms with Gasteiger partial charge in [-0.3, -0.25) is 9.78 Å². The molecule has 0 saturated carbocycles. The quantitative estimate of drug-likeness (QED) is 0.666. The number of hydrogen-bond donors (Lipinski definition) is 2. The van der Waals surface area contributed by atoms with Crippen molar-refractivity contribution in [3.8, 4) is 0 Å². The summed E-state index contributed by atoms with van der Waals surface area (Å²) in [5, 5.41) is 6.87. The van der Waals surface area contributed by atoms with Gasteiger partial charge in [0, 0.05) is 22.6 Å². The van der Waals surface area contributed by atoms with E-state index in [1.165, 1.54) is 0 Å². The van der Waals surface area contributed by atoms with Gasteiger partial charge >= 0.3 is 0 Å². The number of nitrogens with one attached hydrogen (secondary N) is 2. The zero-order valence-electron chi connectivity index (χ0n) is 14.0. The van der Waals surface area contributed by atoms with Gasteiger partial charge in [-0.2, -0.15) is 0 Å². The Morgan fingerprint density at radius 2 is 1.76 bits per heavy atom. The molecule has 3 aromatic rings. The number of aryl methyl sites for hydroxylation is 2. The van der Waals surface area contributed by atoms with Crippen LogP contribution in [-0.2, 0) is 0 Å². The lowest BCUT2D eigenvalue weighted by Gasteiger charge is -2.11. The summed E-state index contributed by atoms with van der Waals surface area (Å²) >= 11 is 5.98. The van der Waals surface area contributed by atoms with Crippen molar-refractivity contribution in [3.05, 3.63) is 82.6 Å². The summed E-state index contributed by atoms with van der Waals surface area (Å²) in [6.45, 7) is 3.92. The van der Waals surface area contributed by atoms with Gasteiger partial charge in [0.2, 0.25) is 0 Å². The largest absolute Gasteiger partial charge is 0.354 e. The third kappa shape index (κ3) is 4.17. The standard InChI is InChI=1S/C20H18ClN3O/c1-13-5-3-4-6-18(13)24-20(25)15-10-17(12-22-11-15)23-19-8-7-16(21)9-14(19)2/h3-12,23H,1-2H3,(H,24,25). The number of amides is 1. The van der Waals surface area contributed by atoms with Gasteiger partial charge in [0.15, 0.2) is 0 Å². The fourth-order valence-electron chi connectivity index (χ4n) is 2.46. The first-order chi connectivity index (χ1) is 12.0. The topological polar surface area (TPSA) is 54.0 Å². The molecule has 0 fully saturated rings. The van der Waals surface area contributed by atoms with Crippen LogP contribution in [-0.4, -0.2) is 10.9 Å². The van der Waals surface area contributed by atoms with E-state index in [0.29, 0.717) is 10.6 Å². The molecule has 5 heteroatoms. The van der Waals surface area contributed by atoms with Crippen molar-refractivity contribution in [1.29, 1.82) is 0 Å². The van der Waals surface area contributed by atoms with Gasteiger partial charge in [0.25, 0.3) is 5.91 Å². The number of pyridine rings is 1. The second-order valence-corrected chi connectivity index (χ2v) is 6.25. The van der Waals surface area contributed by atoms with Crippen LogP contribution in [0.2, 0.25) is 5.02 Å². The van der Waals surface area contributed by atoms with E-state index in [4.69, 9.17) is 11.6 Å². The lowest BCUT2D eigenvalue weighted by atomic mass is 10.1. The first kappa shape index (κ1) is 17.0. The average molecular weight is 352 g/mol. The van der Waals surface area contributed by atoms with E-state index in [1.54, 1.807) is 18.5 Å². The summed E-state index contributed by atoms with van der Waals surface area (Å²) in [5.41, 5.74) is 4.96. The second-order valence-electron chi connectivity index (χ2n) is 5.82. The van der Waals surface area contributed by atoms with Crippen molar-refractivity contribution in [1.82, 2.24) is 4.98 Å². The number of rotatable bonds is 4. The van der Waals surface area contributed by atoms with Gasteiger partial charge in [0.1, 0.15) is 0 Å². The molecule has 0 atom stereocenters. The molecule has 25 heavy (non-hydrogen) atoms. The van der Waals surface area contributed by atoms with Crippen LogP contribution in [0.1, 0.15) is 21.5 Å². The minimum absolute atomic E-state index is 0.196. The Labute approximate surface area is 151 Å². The van der Waals surface area contributed by atoms with Crippen LogP contribution in [0.3, 0.4) is 0 Å². The maximum absolute atomic E-state index is 12.5. The number of carbonyl (C=O) groups is 1. The maximum Gasteiger partial charge on any atom is 0.257 e. The minimum atomic E-state index is -0.196. The Morgan fingerprint density at radius 1 is 0.960 bits per heavy atom. The van der Waals surface area contributed by atoms with Crippen LogP contribution in [0.4, 0.5) is 17.1 Å². The summed E-state index contributed by atoms with van der Waals surface area (Å²) in [7, 11) is 0. The fraction of sp³-hybridized carbons (Fsp3) is 0.100. The Morgan fingerprint density at radius 3 is 2.52 bits per heavy atom. The second kappa shape index (κ2) is 7.36. The zero-order valence-corrected chi connectivity index (χ0v) is 14.8.